The van der Waals surface area contributed by atoms with E-state index >= 15 is 0 Å². The van der Waals surface area contributed by atoms with Crippen molar-refractivity contribution in [2.24, 2.45) is 0 Å². The Bertz CT molecular complexity index is 1470. The molecule has 3 fully saturated rings. The van der Waals surface area contributed by atoms with Crippen molar-refractivity contribution < 1.29 is 43.7 Å². The highest BCUT2D eigenvalue weighted by Gasteiger charge is 2.37. The maximum Gasteiger partial charge on any atom is 0.407 e. The SMILES string of the molecule is O=C(O)CCC(NC(=O)c1cc(OCC(=O)N2CCCC2C(=O)NC2CC2)n(-c2ccccc2)n1)C(=O)N1CCN(C(=O)O)CC1. The van der Waals surface area contributed by atoms with Crippen molar-refractivity contribution in [1.29, 1.82) is 0 Å². The van der Waals surface area contributed by atoms with Crippen LogP contribution in [-0.4, -0.2) is 128 Å². The maximum absolute atomic E-state index is 13.4. The number of ether oxygens (including phenoxy) is 1. The number of rotatable bonds is 12. The van der Waals surface area contributed by atoms with Crippen molar-refractivity contribution in [3.05, 3.63) is 42.1 Å². The predicted octanol–water partition coefficient (Wildman–Crippen LogP) is 0.306. The molecule has 4 N–H and O–H groups in total. The molecule has 2 aromatic rings. The minimum absolute atomic E-state index is 0.0704. The molecule has 2 saturated heterocycles. The third-order valence-electron chi connectivity index (χ3n) is 8.17. The average molecular weight is 640 g/mol. The van der Waals surface area contributed by atoms with E-state index in [9.17, 15) is 39.0 Å². The molecule has 2 atom stereocenters. The van der Waals surface area contributed by atoms with Crippen LogP contribution >= 0.6 is 0 Å². The number of carboxylic acids is 1. The Morgan fingerprint density at radius 3 is 2.28 bits per heavy atom. The van der Waals surface area contributed by atoms with Gasteiger partial charge in [0.25, 0.3) is 11.8 Å². The van der Waals surface area contributed by atoms with Crippen LogP contribution in [0.4, 0.5) is 4.79 Å². The molecular weight excluding hydrogens is 602 g/mol. The number of nitrogens with one attached hydrogen (secondary N) is 2. The fourth-order valence-corrected chi connectivity index (χ4v) is 5.51. The molecule has 16 nitrogen and oxygen atoms in total. The first-order valence-electron chi connectivity index (χ1n) is 15.3. The zero-order valence-electron chi connectivity index (χ0n) is 25.2. The number of benzene rings is 1. The highest BCUT2D eigenvalue weighted by Crippen LogP contribution is 2.24. The second kappa shape index (κ2) is 14.3. The van der Waals surface area contributed by atoms with Crippen molar-refractivity contribution in [1.82, 2.24) is 35.1 Å². The number of hydrogen-bond acceptors (Lipinski definition) is 8. The molecule has 5 amide bonds. The molecule has 46 heavy (non-hydrogen) atoms. The lowest BCUT2D eigenvalue weighted by Gasteiger charge is -2.35. The Morgan fingerprint density at radius 1 is 0.935 bits per heavy atom. The molecular formula is C30H37N7O9. The van der Waals surface area contributed by atoms with Gasteiger partial charge in [-0.1, -0.05) is 18.2 Å². The summed E-state index contributed by atoms with van der Waals surface area (Å²) in [6.07, 6.45) is 1.44. The molecule has 3 aliphatic rings. The molecule has 2 aliphatic heterocycles. The van der Waals surface area contributed by atoms with Gasteiger partial charge in [-0.05, 0) is 44.2 Å². The number of likely N-dealkylation sites (tertiary alicyclic amines) is 1. The van der Waals surface area contributed by atoms with E-state index in [1.54, 1.807) is 30.3 Å². The summed E-state index contributed by atoms with van der Waals surface area (Å²) in [7, 11) is 0. The number of hydrogen-bond donors (Lipinski definition) is 4. The first-order chi connectivity index (χ1) is 22.1. The molecule has 3 heterocycles. The van der Waals surface area contributed by atoms with Crippen molar-refractivity contribution >= 4 is 35.7 Å². The van der Waals surface area contributed by atoms with Gasteiger partial charge in [0.2, 0.25) is 17.7 Å². The Balaban J connectivity index is 1.29. The van der Waals surface area contributed by atoms with Crippen LogP contribution in [0.1, 0.15) is 49.0 Å². The summed E-state index contributed by atoms with van der Waals surface area (Å²) < 4.78 is 7.20. The van der Waals surface area contributed by atoms with Gasteiger partial charge in [-0.25, -0.2) is 9.48 Å². The van der Waals surface area contributed by atoms with Gasteiger partial charge < -0.3 is 40.3 Å². The van der Waals surface area contributed by atoms with E-state index in [1.165, 1.54) is 25.4 Å². The first-order valence-corrected chi connectivity index (χ1v) is 15.3. The number of nitrogens with zero attached hydrogens (tertiary/aromatic N) is 5. The average Bonchev–Trinajstić information content (AvgIpc) is 3.54. The van der Waals surface area contributed by atoms with E-state index < -0.39 is 49.0 Å². The molecule has 5 rings (SSSR count). The monoisotopic (exact) mass is 639 g/mol. The van der Waals surface area contributed by atoms with E-state index in [-0.39, 0.29) is 62.0 Å². The van der Waals surface area contributed by atoms with Gasteiger partial charge in [-0.15, -0.1) is 0 Å². The van der Waals surface area contributed by atoms with Gasteiger partial charge in [0.15, 0.2) is 12.3 Å². The van der Waals surface area contributed by atoms with E-state index in [4.69, 9.17) is 4.74 Å². The molecule has 1 aromatic heterocycles. The summed E-state index contributed by atoms with van der Waals surface area (Å²) in [5, 5.41) is 28.3. The van der Waals surface area contributed by atoms with Gasteiger partial charge in [0.1, 0.15) is 12.1 Å². The molecule has 246 valence electrons. The third kappa shape index (κ3) is 7.92. The van der Waals surface area contributed by atoms with Crippen molar-refractivity contribution in [3.63, 3.8) is 0 Å². The fraction of sp³-hybridized carbons (Fsp3) is 0.500. The van der Waals surface area contributed by atoms with Crippen LogP contribution in [0.5, 0.6) is 5.88 Å². The molecule has 0 spiro atoms. The lowest BCUT2D eigenvalue weighted by molar-refractivity contribution is -0.140. The topological polar surface area (TPSA) is 204 Å². The van der Waals surface area contributed by atoms with Crippen LogP contribution in [0, 0.1) is 0 Å². The molecule has 16 heteroatoms. The second-order valence-corrected chi connectivity index (χ2v) is 11.5. The van der Waals surface area contributed by atoms with Crippen LogP contribution < -0.4 is 15.4 Å². The van der Waals surface area contributed by atoms with Crippen molar-refractivity contribution in [3.8, 4) is 11.6 Å². The van der Waals surface area contributed by atoms with E-state index in [2.05, 4.69) is 15.7 Å². The molecule has 0 bridgehead atoms. The largest absolute Gasteiger partial charge is 0.481 e. The van der Waals surface area contributed by atoms with Gasteiger partial charge in [0, 0.05) is 51.3 Å². The lowest BCUT2D eigenvalue weighted by atomic mass is 10.1. The van der Waals surface area contributed by atoms with Gasteiger partial charge in [-0.2, -0.15) is 5.10 Å². The smallest absolute Gasteiger partial charge is 0.407 e. The number of piperazine rings is 1. The zero-order chi connectivity index (χ0) is 32.8. The summed E-state index contributed by atoms with van der Waals surface area (Å²) in [5.41, 5.74) is 0.389. The molecule has 1 saturated carbocycles. The van der Waals surface area contributed by atoms with Crippen LogP contribution in [-0.2, 0) is 19.2 Å². The number of para-hydroxylation sites is 1. The number of carbonyl (C=O) groups is 6. The van der Waals surface area contributed by atoms with E-state index in [0.29, 0.717) is 25.1 Å². The van der Waals surface area contributed by atoms with Crippen molar-refractivity contribution in [2.45, 2.75) is 56.7 Å². The maximum atomic E-state index is 13.4. The third-order valence-corrected chi connectivity index (χ3v) is 8.17. The van der Waals surface area contributed by atoms with Crippen LogP contribution in [0.2, 0.25) is 0 Å². The highest BCUT2D eigenvalue weighted by atomic mass is 16.5. The van der Waals surface area contributed by atoms with Crippen molar-refractivity contribution in [2.75, 3.05) is 39.3 Å². The molecule has 1 aromatic carbocycles. The standard InChI is InChI=1S/C30H37N7O9/c38-24(36-12-4-7-23(36)28(42)31-19-8-9-19)18-46-25-17-22(33-37(25)20-5-2-1-3-6-20)27(41)32-21(10-11-26(39)40)29(43)34-13-15-35(16-14-34)30(44)45/h1-3,5-6,17,19,21,23H,4,7-16,18H2,(H,31,42)(H,32,41)(H,39,40)(H,44,45). The number of carboxylic acid groups (broad SMARTS) is 2. The summed E-state index contributed by atoms with van der Waals surface area (Å²) in [4.78, 5) is 79.2. The molecule has 0 radical (unpaired) electrons. The fourth-order valence-electron chi connectivity index (χ4n) is 5.51. The number of amides is 5. The minimum atomic E-state index is -1.21. The number of aliphatic carboxylic acids is 1. The Kier molecular flexibility index (Phi) is 10.0. The quantitative estimate of drug-likeness (QED) is 0.250. The normalized spacial score (nSPS) is 18.5. The zero-order valence-corrected chi connectivity index (χ0v) is 25.2. The lowest BCUT2D eigenvalue weighted by Crippen LogP contribution is -2.55. The number of carbonyl (C=O) groups excluding carboxylic acids is 4. The predicted molar refractivity (Wildman–Crippen MR) is 159 cm³/mol. The number of aromatic nitrogens is 2. The summed E-state index contributed by atoms with van der Waals surface area (Å²) in [6.45, 7) is 0.386. The summed E-state index contributed by atoms with van der Waals surface area (Å²) in [5.74, 6) is -2.94. The second-order valence-electron chi connectivity index (χ2n) is 11.5. The first kappa shape index (κ1) is 32.2. The highest BCUT2D eigenvalue weighted by molar-refractivity contribution is 5.96. The van der Waals surface area contributed by atoms with Gasteiger partial charge >= 0.3 is 12.1 Å². The summed E-state index contributed by atoms with van der Waals surface area (Å²) in [6, 6.07) is 8.46. The molecule has 1 aliphatic carbocycles. The Labute approximate surface area is 264 Å². The van der Waals surface area contributed by atoms with Crippen LogP contribution in [0.3, 0.4) is 0 Å². The molecule has 2 unspecified atom stereocenters. The minimum Gasteiger partial charge on any atom is -0.481 e. The van der Waals surface area contributed by atoms with Crippen LogP contribution in [0.15, 0.2) is 36.4 Å². The van der Waals surface area contributed by atoms with Gasteiger partial charge in [0.05, 0.1) is 5.69 Å². The summed E-state index contributed by atoms with van der Waals surface area (Å²) >= 11 is 0. The van der Waals surface area contributed by atoms with E-state index in [0.717, 1.165) is 12.8 Å². The Morgan fingerprint density at radius 2 is 1.63 bits per heavy atom. The van der Waals surface area contributed by atoms with Gasteiger partial charge in [-0.3, -0.25) is 24.0 Å². The Hall–Kier alpha value is -5.15. The van der Waals surface area contributed by atoms with E-state index in [1.807, 2.05) is 0 Å². The van der Waals surface area contributed by atoms with Crippen LogP contribution in [0.25, 0.3) is 5.69 Å².